The molecule has 0 spiro atoms. The largest absolute Gasteiger partial charge is 0.508 e. The lowest BCUT2D eigenvalue weighted by Crippen LogP contribution is -2.49. The average molecular weight is 316 g/mol. The van der Waals surface area contributed by atoms with Crippen molar-refractivity contribution in [1.82, 2.24) is 0 Å². The first-order valence-electron chi connectivity index (χ1n) is 8.72. The van der Waals surface area contributed by atoms with E-state index in [1.165, 1.54) is 0 Å². The van der Waals surface area contributed by atoms with Gasteiger partial charge in [-0.15, -0.1) is 0 Å². The predicted octanol–water partition coefficient (Wildman–Crippen LogP) is 4.16. The number of phenols is 1. The lowest BCUT2D eigenvalue weighted by molar-refractivity contribution is 0.0367. The molecule has 3 heteroatoms. The zero-order valence-electron chi connectivity index (χ0n) is 14.6. The molecule has 1 aromatic carbocycles. The number of aliphatic hydroxyl groups is 1. The number of benzene rings is 1. The van der Waals surface area contributed by atoms with Crippen molar-refractivity contribution in [3.63, 3.8) is 0 Å². The molecule has 1 saturated carbocycles. The lowest BCUT2D eigenvalue weighted by Gasteiger charge is -2.53. The molecule has 126 valence electrons. The highest BCUT2D eigenvalue weighted by molar-refractivity contribution is 6.00. The molecule has 1 fully saturated rings. The van der Waals surface area contributed by atoms with Crippen LogP contribution in [-0.2, 0) is 5.41 Å². The van der Waals surface area contributed by atoms with Gasteiger partial charge in [-0.3, -0.25) is 4.79 Å². The number of phenolic OH excluding ortho intramolecular Hbond substituents is 1. The van der Waals surface area contributed by atoms with E-state index in [4.69, 9.17) is 0 Å². The summed E-state index contributed by atoms with van der Waals surface area (Å²) in [5.74, 6) is 0.554. The van der Waals surface area contributed by atoms with E-state index in [1.54, 1.807) is 0 Å². The fourth-order valence-electron chi connectivity index (χ4n) is 5.04. The minimum atomic E-state index is -0.165. The molecule has 2 N–H and O–H groups in total. The molecule has 1 aromatic rings. The number of Topliss-reactive ketones (excluding diaryl/α,β-unsaturated/α-hetero) is 1. The first kappa shape index (κ1) is 16.5. The van der Waals surface area contributed by atoms with Crippen LogP contribution in [0.4, 0.5) is 0 Å². The van der Waals surface area contributed by atoms with Crippen molar-refractivity contribution in [2.24, 2.45) is 11.3 Å². The van der Waals surface area contributed by atoms with Gasteiger partial charge >= 0.3 is 0 Å². The zero-order valence-corrected chi connectivity index (χ0v) is 14.6. The van der Waals surface area contributed by atoms with Crippen LogP contribution in [0.25, 0.3) is 0 Å². The molecule has 0 radical (unpaired) electrons. The monoisotopic (exact) mass is 316 g/mol. The summed E-state index contributed by atoms with van der Waals surface area (Å²) in [5, 5.41) is 19.9. The van der Waals surface area contributed by atoms with Crippen LogP contribution in [0.2, 0.25) is 0 Å². The second kappa shape index (κ2) is 5.34. The number of carbonyl (C=O) groups excluding carboxylic acids is 1. The molecule has 0 amide bonds. The van der Waals surface area contributed by atoms with Crippen molar-refractivity contribution in [3.8, 4) is 5.75 Å². The van der Waals surface area contributed by atoms with Gasteiger partial charge < -0.3 is 10.2 Å². The molecule has 3 unspecified atom stereocenters. The van der Waals surface area contributed by atoms with E-state index >= 15 is 0 Å². The molecule has 3 atom stereocenters. The number of aliphatic hydroxyl groups excluding tert-OH is 1. The number of aromatic hydroxyl groups is 1. The summed E-state index contributed by atoms with van der Waals surface area (Å²) in [4.78, 5) is 12.8. The summed E-state index contributed by atoms with van der Waals surface area (Å²) >= 11 is 0. The van der Waals surface area contributed by atoms with Crippen molar-refractivity contribution in [2.75, 3.05) is 6.61 Å². The Labute approximate surface area is 138 Å². The molecular formula is C20H28O3. The van der Waals surface area contributed by atoms with Gasteiger partial charge in [-0.05, 0) is 52.8 Å². The van der Waals surface area contributed by atoms with Gasteiger partial charge in [0.1, 0.15) is 5.75 Å². The van der Waals surface area contributed by atoms with E-state index in [9.17, 15) is 15.0 Å². The van der Waals surface area contributed by atoms with Gasteiger partial charge in [0.15, 0.2) is 5.78 Å². The minimum Gasteiger partial charge on any atom is -0.508 e. The molecule has 0 aromatic heterocycles. The fraction of sp³-hybridized carbons (Fsp3) is 0.650. The van der Waals surface area contributed by atoms with Crippen molar-refractivity contribution >= 4 is 5.78 Å². The highest BCUT2D eigenvalue weighted by Crippen LogP contribution is 2.57. The smallest absolute Gasteiger partial charge is 0.163 e. The number of carbonyl (C=O) groups is 1. The third kappa shape index (κ3) is 2.40. The molecule has 3 nitrogen and oxygen atoms in total. The number of ketones is 1. The Morgan fingerprint density at radius 3 is 2.61 bits per heavy atom. The molecule has 0 saturated heterocycles. The van der Waals surface area contributed by atoms with Crippen LogP contribution in [-0.4, -0.2) is 22.6 Å². The van der Waals surface area contributed by atoms with Crippen molar-refractivity contribution in [2.45, 2.75) is 64.7 Å². The second-order valence-electron chi connectivity index (χ2n) is 8.48. The molecule has 23 heavy (non-hydrogen) atoms. The molecule has 0 bridgehead atoms. The van der Waals surface area contributed by atoms with Gasteiger partial charge in [0.2, 0.25) is 0 Å². The summed E-state index contributed by atoms with van der Waals surface area (Å²) in [6.45, 7) is 8.64. The van der Waals surface area contributed by atoms with Gasteiger partial charge in [0.05, 0.1) is 0 Å². The Balaban J connectivity index is 2.17. The first-order chi connectivity index (χ1) is 10.7. The van der Waals surface area contributed by atoms with E-state index in [0.717, 1.165) is 30.4 Å². The maximum Gasteiger partial charge on any atom is 0.163 e. The maximum absolute atomic E-state index is 12.8. The van der Waals surface area contributed by atoms with Crippen LogP contribution in [0, 0.1) is 11.3 Å². The summed E-state index contributed by atoms with van der Waals surface area (Å²) < 4.78 is 0. The highest BCUT2D eigenvalue weighted by Gasteiger charge is 2.52. The standard InChI is InChI=1S/C20H28O3/c1-12(11-21)13-8-14-15(9-16(13)22)20(4)7-5-6-19(2,3)18(20)10-17(14)23/h8-9,12,18,21-22H,5-7,10-11H2,1-4H3. The Morgan fingerprint density at radius 1 is 1.26 bits per heavy atom. The third-order valence-electron chi connectivity index (χ3n) is 6.51. The number of rotatable bonds is 2. The minimum absolute atomic E-state index is 0.0343. The fourth-order valence-corrected chi connectivity index (χ4v) is 5.04. The van der Waals surface area contributed by atoms with Gasteiger partial charge in [-0.1, -0.05) is 34.1 Å². The third-order valence-corrected chi connectivity index (χ3v) is 6.51. The summed E-state index contributed by atoms with van der Waals surface area (Å²) in [5.41, 5.74) is 2.54. The molecule has 0 aliphatic heterocycles. The van der Waals surface area contributed by atoms with Crippen LogP contribution in [0.15, 0.2) is 12.1 Å². The Kier molecular flexibility index (Phi) is 3.83. The first-order valence-corrected chi connectivity index (χ1v) is 8.72. The Morgan fingerprint density at radius 2 is 1.96 bits per heavy atom. The van der Waals surface area contributed by atoms with Crippen molar-refractivity contribution in [1.29, 1.82) is 0 Å². The van der Waals surface area contributed by atoms with Crippen LogP contribution < -0.4 is 0 Å². The van der Waals surface area contributed by atoms with E-state index < -0.39 is 0 Å². The quantitative estimate of drug-likeness (QED) is 0.861. The van der Waals surface area contributed by atoms with Gasteiger partial charge in [0, 0.05) is 24.5 Å². The number of fused-ring (bicyclic) bond motifs is 3. The highest BCUT2D eigenvalue weighted by atomic mass is 16.3. The van der Waals surface area contributed by atoms with Crippen molar-refractivity contribution < 1.29 is 15.0 Å². The molecule has 2 aliphatic rings. The molecule has 2 aliphatic carbocycles. The van der Waals surface area contributed by atoms with Crippen LogP contribution >= 0.6 is 0 Å². The molecular weight excluding hydrogens is 288 g/mol. The van der Waals surface area contributed by atoms with E-state index in [-0.39, 0.29) is 34.9 Å². The van der Waals surface area contributed by atoms with Gasteiger partial charge in [-0.25, -0.2) is 0 Å². The van der Waals surface area contributed by atoms with Crippen molar-refractivity contribution in [3.05, 3.63) is 28.8 Å². The predicted molar refractivity (Wildman–Crippen MR) is 91.0 cm³/mol. The van der Waals surface area contributed by atoms with Crippen LogP contribution in [0.5, 0.6) is 5.75 Å². The number of hydrogen-bond donors (Lipinski definition) is 2. The lowest BCUT2D eigenvalue weighted by atomic mass is 9.50. The topological polar surface area (TPSA) is 57.5 Å². The van der Waals surface area contributed by atoms with E-state index in [2.05, 4.69) is 20.8 Å². The van der Waals surface area contributed by atoms with E-state index in [0.29, 0.717) is 17.9 Å². The second-order valence-corrected chi connectivity index (χ2v) is 8.48. The SMILES string of the molecule is CC(CO)c1cc2c(cc1O)C1(C)CCCC(C)(C)C1CC2=O. The number of hydrogen-bond acceptors (Lipinski definition) is 3. The zero-order chi connectivity index (χ0) is 17.0. The summed E-state index contributed by atoms with van der Waals surface area (Å²) in [6, 6.07) is 3.64. The average Bonchev–Trinajstić information content (AvgIpc) is 2.48. The molecule has 0 heterocycles. The normalized spacial score (nSPS) is 30.5. The summed E-state index contributed by atoms with van der Waals surface area (Å²) in [6.07, 6.45) is 3.97. The Hall–Kier alpha value is -1.35. The van der Waals surface area contributed by atoms with E-state index in [1.807, 2.05) is 19.1 Å². The Bertz CT molecular complexity index is 647. The van der Waals surface area contributed by atoms with Crippen LogP contribution in [0.1, 0.15) is 80.8 Å². The molecule has 3 rings (SSSR count). The maximum atomic E-state index is 12.8. The van der Waals surface area contributed by atoms with Crippen LogP contribution in [0.3, 0.4) is 0 Å². The summed E-state index contributed by atoms with van der Waals surface area (Å²) in [7, 11) is 0. The van der Waals surface area contributed by atoms with Gasteiger partial charge in [-0.2, -0.15) is 0 Å². The van der Waals surface area contributed by atoms with Gasteiger partial charge in [0.25, 0.3) is 0 Å².